The maximum absolute atomic E-state index is 15.9. The molecular formula is C27H35FN3O13P. The van der Waals surface area contributed by atoms with Crippen molar-refractivity contribution in [3.8, 4) is 5.75 Å². The van der Waals surface area contributed by atoms with E-state index in [9.17, 15) is 33.6 Å². The molecule has 0 unspecified atom stereocenters. The summed E-state index contributed by atoms with van der Waals surface area (Å²) in [6.07, 6.45) is -5.96. The molecule has 0 amide bonds. The Kier molecular flexibility index (Phi) is 11.8. The average Bonchev–Trinajstić information content (AvgIpc) is 3.18. The van der Waals surface area contributed by atoms with E-state index in [1.807, 2.05) is 0 Å². The van der Waals surface area contributed by atoms with Gasteiger partial charge in [0.15, 0.2) is 18.6 Å². The van der Waals surface area contributed by atoms with Gasteiger partial charge in [0.2, 0.25) is 0 Å². The fraction of sp³-hybridized carbons (Fsp3) is 0.519. The second kappa shape index (κ2) is 14.9. The number of aliphatic hydroxyl groups is 1. The molecule has 6 atom stereocenters. The summed E-state index contributed by atoms with van der Waals surface area (Å²) < 4.78 is 57.3. The number of esters is 2. The van der Waals surface area contributed by atoms with Gasteiger partial charge in [0.25, 0.3) is 5.56 Å². The van der Waals surface area contributed by atoms with Crippen LogP contribution in [0, 0.1) is 0 Å². The topological polar surface area (TPSA) is 211 Å². The number of hydrogen-bond acceptors (Lipinski definition) is 12. The van der Waals surface area contributed by atoms with Crippen LogP contribution < -0.4 is 20.9 Å². The van der Waals surface area contributed by atoms with Crippen molar-refractivity contribution in [2.45, 2.75) is 83.5 Å². The molecule has 0 bridgehead atoms. The van der Waals surface area contributed by atoms with Crippen molar-refractivity contribution in [1.29, 1.82) is 0 Å². The molecule has 1 aromatic carbocycles. The molecule has 0 spiro atoms. The zero-order valence-electron chi connectivity index (χ0n) is 24.9. The zero-order chi connectivity index (χ0) is 33.5. The molecule has 3 N–H and O–H groups in total. The Morgan fingerprint density at radius 1 is 1.13 bits per heavy atom. The van der Waals surface area contributed by atoms with Crippen molar-refractivity contribution in [1.82, 2.24) is 14.2 Å². The van der Waals surface area contributed by atoms with E-state index in [1.165, 1.54) is 19.1 Å². The molecule has 45 heavy (non-hydrogen) atoms. The number of rotatable bonds is 15. The van der Waals surface area contributed by atoms with E-state index in [1.54, 1.807) is 32.0 Å². The number of carbonyl (C=O) groups is 3. The van der Waals surface area contributed by atoms with Crippen LogP contribution in [0.5, 0.6) is 5.75 Å². The molecule has 16 nitrogen and oxygen atoms in total. The summed E-state index contributed by atoms with van der Waals surface area (Å²) in [5, 5.41) is 21.9. The van der Waals surface area contributed by atoms with Gasteiger partial charge in [0.1, 0.15) is 24.0 Å². The van der Waals surface area contributed by atoms with Crippen molar-refractivity contribution in [2.75, 3.05) is 6.61 Å². The number of aliphatic hydroxyl groups excluding tert-OH is 1. The van der Waals surface area contributed by atoms with Crippen LogP contribution in [0.3, 0.4) is 0 Å². The first kappa shape index (κ1) is 35.6. The second-order valence-corrected chi connectivity index (χ2v) is 12.2. The lowest BCUT2D eigenvalue weighted by Gasteiger charge is -2.25. The van der Waals surface area contributed by atoms with Crippen LogP contribution in [-0.4, -0.2) is 73.9 Å². The van der Waals surface area contributed by atoms with Gasteiger partial charge in [-0.3, -0.25) is 28.3 Å². The Labute approximate surface area is 256 Å². The fourth-order valence-corrected chi connectivity index (χ4v) is 5.61. The zero-order valence-corrected chi connectivity index (χ0v) is 25.8. The average molecular weight is 660 g/mol. The Morgan fingerprint density at radius 3 is 2.42 bits per heavy atom. The summed E-state index contributed by atoms with van der Waals surface area (Å²) in [6, 6.07) is 7.47. The lowest BCUT2D eigenvalue weighted by atomic mass is 9.98. The van der Waals surface area contributed by atoms with Gasteiger partial charge in [-0.1, -0.05) is 18.2 Å². The highest BCUT2D eigenvalue weighted by atomic mass is 31.2. The van der Waals surface area contributed by atoms with Crippen molar-refractivity contribution >= 4 is 25.7 Å². The number of benzene rings is 1. The van der Waals surface area contributed by atoms with Gasteiger partial charge >= 0.3 is 31.3 Å². The molecule has 1 aliphatic heterocycles. The van der Waals surface area contributed by atoms with E-state index < -0.39 is 99.3 Å². The number of aromatic nitrogens is 2. The number of ether oxygens (including phenoxy) is 3. The SMILES string of the molecule is CC(C)OC(=O)[C@H](C)N[P@](=O)(OC[C@H]1O[C@@H](n2ccc(=O)n(COC(=O)CCC(=O)O)c2=O)[C@](C)(F)[C@@H]1O)Oc1ccccc1. The minimum absolute atomic E-state index is 0.0938. The number of carboxylic acids is 1. The number of para-hydroxylation sites is 1. The van der Waals surface area contributed by atoms with Gasteiger partial charge in [-0.05, 0) is 39.8 Å². The quantitative estimate of drug-likeness (QED) is 0.183. The van der Waals surface area contributed by atoms with Crippen LogP contribution in [0.25, 0.3) is 0 Å². The van der Waals surface area contributed by atoms with E-state index in [2.05, 4.69) is 5.09 Å². The number of nitrogens with zero attached hydrogens (tertiary/aromatic N) is 2. The number of aliphatic carboxylic acids is 1. The van der Waals surface area contributed by atoms with Crippen LogP contribution in [0.4, 0.5) is 4.39 Å². The number of nitrogens with one attached hydrogen (secondary N) is 1. The summed E-state index contributed by atoms with van der Waals surface area (Å²) in [7, 11) is -4.43. The highest BCUT2D eigenvalue weighted by Gasteiger charge is 2.56. The van der Waals surface area contributed by atoms with Gasteiger partial charge < -0.3 is 28.9 Å². The Bertz CT molecular complexity index is 1530. The number of carbonyl (C=O) groups excluding carboxylic acids is 2. The van der Waals surface area contributed by atoms with E-state index in [0.29, 0.717) is 9.13 Å². The molecule has 2 heterocycles. The number of alkyl halides is 1. The number of carboxylic acid groups (broad SMARTS) is 1. The summed E-state index contributed by atoms with van der Waals surface area (Å²) >= 11 is 0. The van der Waals surface area contributed by atoms with Crippen LogP contribution >= 0.6 is 7.75 Å². The van der Waals surface area contributed by atoms with Crippen molar-refractivity contribution in [3.05, 3.63) is 63.4 Å². The van der Waals surface area contributed by atoms with Gasteiger partial charge in [-0.2, -0.15) is 5.09 Å². The maximum atomic E-state index is 15.9. The first-order valence-electron chi connectivity index (χ1n) is 13.7. The molecule has 1 fully saturated rings. The summed E-state index contributed by atoms with van der Waals surface area (Å²) in [6.45, 7) is 3.88. The largest absolute Gasteiger partial charge is 0.481 e. The first-order valence-corrected chi connectivity index (χ1v) is 15.3. The molecule has 0 radical (unpaired) electrons. The normalized spacial score (nSPS) is 23.2. The van der Waals surface area contributed by atoms with E-state index >= 15 is 4.39 Å². The van der Waals surface area contributed by atoms with Crippen LogP contribution in [0.2, 0.25) is 0 Å². The molecule has 1 aliphatic rings. The Hall–Kier alpha value is -3.89. The van der Waals surface area contributed by atoms with Gasteiger partial charge in [-0.25, -0.2) is 18.3 Å². The monoisotopic (exact) mass is 659 g/mol. The highest BCUT2D eigenvalue weighted by molar-refractivity contribution is 7.52. The molecule has 1 aromatic heterocycles. The molecule has 18 heteroatoms. The predicted molar refractivity (Wildman–Crippen MR) is 152 cm³/mol. The summed E-state index contributed by atoms with van der Waals surface area (Å²) in [5.74, 6) is -2.93. The summed E-state index contributed by atoms with van der Waals surface area (Å²) in [4.78, 5) is 60.2. The molecule has 248 valence electrons. The molecule has 0 saturated carbocycles. The van der Waals surface area contributed by atoms with Crippen LogP contribution in [0.15, 0.2) is 52.2 Å². The maximum Gasteiger partial charge on any atom is 0.459 e. The third kappa shape index (κ3) is 9.31. The molecular weight excluding hydrogens is 624 g/mol. The third-order valence-electron chi connectivity index (χ3n) is 6.40. The minimum atomic E-state index is -4.43. The van der Waals surface area contributed by atoms with Crippen molar-refractivity contribution < 1.29 is 56.8 Å². The lowest BCUT2D eigenvalue weighted by molar-refractivity contribution is -0.151. The minimum Gasteiger partial charge on any atom is -0.481 e. The Balaban J connectivity index is 1.80. The highest BCUT2D eigenvalue weighted by Crippen LogP contribution is 2.47. The molecule has 1 saturated heterocycles. The summed E-state index contributed by atoms with van der Waals surface area (Å²) in [5.41, 5.74) is -4.77. The second-order valence-electron chi connectivity index (χ2n) is 10.5. The molecule has 3 rings (SSSR count). The van der Waals surface area contributed by atoms with E-state index in [0.717, 1.165) is 19.2 Å². The third-order valence-corrected chi connectivity index (χ3v) is 8.04. The fourth-order valence-electron chi connectivity index (χ4n) is 4.10. The Morgan fingerprint density at radius 2 is 1.80 bits per heavy atom. The van der Waals surface area contributed by atoms with Gasteiger partial charge in [0.05, 0.1) is 25.6 Å². The molecule has 2 aromatic rings. The predicted octanol–water partition coefficient (Wildman–Crippen LogP) is 1.50. The lowest BCUT2D eigenvalue weighted by Crippen LogP contribution is -2.46. The van der Waals surface area contributed by atoms with Crippen molar-refractivity contribution in [3.63, 3.8) is 0 Å². The first-order chi connectivity index (χ1) is 21.0. The standard InChI is InChI=1S/C27H35FN3O13P/c1-16(2)42-24(37)17(3)29-45(39,44-18-8-6-5-7-9-18)41-14-19-23(36)27(4,28)25(43-19)30-13-12-20(32)31(26(30)38)15-40-22(35)11-10-21(33)34/h5-9,12-13,16-17,19,23,25,36H,10-11,14-15H2,1-4H3,(H,29,39)(H,33,34)/t17-,19+,23+,25+,27+,45-/m0/s1. The number of hydrogen-bond donors (Lipinski definition) is 3. The number of halogens is 1. The van der Waals surface area contributed by atoms with Crippen LogP contribution in [-0.2, 0) is 44.4 Å². The van der Waals surface area contributed by atoms with Gasteiger partial charge in [-0.15, -0.1) is 0 Å². The van der Waals surface area contributed by atoms with E-state index in [4.69, 9.17) is 28.4 Å². The smallest absolute Gasteiger partial charge is 0.459 e. The van der Waals surface area contributed by atoms with Crippen molar-refractivity contribution in [2.24, 2.45) is 0 Å². The van der Waals surface area contributed by atoms with Crippen LogP contribution in [0.1, 0.15) is 46.8 Å². The molecule has 0 aliphatic carbocycles. The van der Waals surface area contributed by atoms with Gasteiger partial charge in [0, 0.05) is 12.3 Å². The van der Waals surface area contributed by atoms with E-state index in [-0.39, 0.29) is 5.75 Å².